The fourth-order valence-corrected chi connectivity index (χ4v) is 3.52. The Hall–Kier alpha value is -3.08. The Morgan fingerprint density at radius 1 is 1.14 bits per heavy atom. The van der Waals surface area contributed by atoms with Crippen molar-refractivity contribution in [2.45, 2.75) is 39.7 Å². The minimum absolute atomic E-state index is 0.137. The van der Waals surface area contributed by atoms with Crippen LogP contribution in [0.3, 0.4) is 0 Å². The molecule has 0 saturated heterocycles. The molecule has 0 saturated carbocycles. The number of ether oxygens (including phenoxy) is 1. The predicted octanol–water partition coefficient (Wildman–Crippen LogP) is 4.36. The van der Waals surface area contributed by atoms with Gasteiger partial charge in [0.1, 0.15) is 11.6 Å². The monoisotopic (exact) mass is 391 g/mol. The minimum Gasteiger partial charge on any atom is -0.493 e. The quantitative estimate of drug-likeness (QED) is 0.413. The fourth-order valence-electron chi connectivity index (χ4n) is 3.52. The molecule has 0 fully saturated rings. The van der Waals surface area contributed by atoms with Gasteiger partial charge in [0.15, 0.2) is 0 Å². The number of carbonyl (C=O) groups excluding carboxylic acids is 1. The number of hydrogen-bond acceptors (Lipinski definition) is 3. The molecule has 0 aliphatic rings. The molecule has 3 rings (SSSR count). The number of imidazole rings is 1. The Balaban J connectivity index is 1.62. The zero-order valence-electron chi connectivity index (χ0n) is 17.3. The van der Waals surface area contributed by atoms with Crippen LogP contribution in [0.15, 0.2) is 55.1 Å². The zero-order valence-corrected chi connectivity index (χ0v) is 17.3. The summed E-state index contributed by atoms with van der Waals surface area (Å²) in [6.07, 6.45) is 3.84. The second-order valence-electron chi connectivity index (χ2n) is 7.19. The molecule has 5 nitrogen and oxygen atoms in total. The number of benzene rings is 2. The van der Waals surface area contributed by atoms with Gasteiger partial charge in [0.05, 0.1) is 17.6 Å². The van der Waals surface area contributed by atoms with E-state index in [1.807, 2.05) is 18.2 Å². The zero-order chi connectivity index (χ0) is 20.6. The van der Waals surface area contributed by atoms with Gasteiger partial charge in [0, 0.05) is 19.5 Å². The van der Waals surface area contributed by atoms with Crippen molar-refractivity contribution in [3.05, 3.63) is 72.1 Å². The molecule has 0 atom stereocenters. The normalized spacial score (nSPS) is 10.8. The molecule has 152 valence electrons. The number of aryl methyl sites for hydroxylation is 4. The molecule has 0 aliphatic carbocycles. The van der Waals surface area contributed by atoms with E-state index >= 15 is 0 Å². The molecule has 0 bridgehead atoms. The topological polar surface area (TPSA) is 56.2 Å². The van der Waals surface area contributed by atoms with E-state index in [0.717, 1.165) is 48.4 Å². The van der Waals surface area contributed by atoms with Crippen molar-refractivity contribution >= 4 is 16.9 Å². The van der Waals surface area contributed by atoms with Crippen LogP contribution in [0.2, 0.25) is 0 Å². The third-order valence-electron chi connectivity index (χ3n) is 4.98. The van der Waals surface area contributed by atoms with Crippen molar-refractivity contribution in [3.8, 4) is 5.75 Å². The highest BCUT2D eigenvalue weighted by Gasteiger charge is 2.11. The van der Waals surface area contributed by atoms with Gasteiger partial charge in [0.2, 0.25) is 5.91 Å². The summed E-state index contributed by atoms with van der Waals surface area (Å²) in [6, 6.07) is 14.4. The molecule has 0 unspecified atom stereocenters. The highest BCUT2D eigenvalue weighted by Crippen LogP contribution is 2.23. The van der Waals surface area contributed by atoms with Gasteiger partial charge in [-0.2, -0.15) is 0 Å². The lowest BCUT2D eigenvalue weighted by Crippen LogP contribution is -2.22. The summed E-state index contributed by atoms with van der Waals surface area (Å²) in [5, 5.41) is 2.82. The van der Waals surface area contributed by atoms with E-state index in [-0.39, 0.29) is 5.91 Å². The SMILES string of the molecule is C=CC(=O)NCCCc1nc2ccccc2n1CCCOc1c(C)cccc1C. The van der Waals surface area contributed by atoms with Crippen LogP contribution in [0.5, 0.6) is 5.75 Å². The van der Waals surface area contributed by atoms with Gasteiger partial charge in [-0.1, -0.05) is 36.9 Å². The molecule has 2 aromatic carbocycles. The highest BCUT2D eigenvalue weighted by atomic mass is 16.5. The lowest BCUT2D eigenvalue weighted by molar-refractivity contribution is -0.116. The van der Waals surface area contributed by atoms with E-state index in [0.29, 0.717) is 13.2 Å². The summed E-state index contributed by atoms with van der Waals surface area (Å²) >= 11 is 0. The van der Waals surface area contributed by atoms with Crippen LogP contribution in [0, 0.1) is 13.8 Å². The van der Waals surface area contributed by atoms with Crippen molar-refractivity contribution in [2.75, 3.05) is 13.2 Å². The Kier molecular flexibility index (Phi) is 7.06. The highest BCUT2D eigenvalue weighted by molar-refractivity contribution is 5.86. The molecule has 1 heterocycles. The minimum atomic E-state index is -0.137. The molecule has 1 aromatic heterocycles. The fraction of sp³-hybridized carbons (Fsp3) is 0.333. The molecule has 1 N–H and O–H groups in total. The maximum Gasteiger partial charge on any atom is 0.243 e. The number of carbonyl (C=O) groups is 1. The number of hydrogen-bond donors (Lipinski definition) is 1. The van der Waals surface area contributed by atoms with Gasteiger partial charge in [-0.05, 0) is 56.0 Å². The number of amides is 1. The van der Waals surface area contributed by atoms with E-state index in [4.69, 9.17) is 9.72 Å². The van der Waals surface area contributed by atoms with Crippen molar-refractivity contribution in [3.63, 3.8) is 0 Å². The number of nitrogens with one attached hydrogen (secondary N) is 1. The predicted molar refractivity (Wildman–Crippen MR) is 117 cm³/mol. The average molecular weight is 392 g/mol. The number of nitrogens with zero attached hydrogens (tertiary/aromatic N) is 2. The van der Waals surface area contributed by atoms with E-state index in [1.54, 1.807) is 0 Å². The average Bonchev–Trinajstić information content (AvgIpc) is 3.07. The molecule has 5 heteroatoms. The van der Waals surface area contributed by atoms with E-state index in [9.17, 15) is 4.79 Å². The maximum absolute atomic E-state index is 11.3. The Labute approximate surface area is 172 Å². The van der Waals surface area contributed by atoms with Crippen LogP contribution in [-0.2, 0) is 17.8 Å². The van der Waals surface area contributed by atoms with Gasteiger partial charge in [0.25, 0.3) is 0 Å². The van der Waals surface area contributed by atoms with Gasteiger partial charge in [-0.15, -0.1) is 0 Å². The Morgan fingerprint density at radius 2 is 1.90 bits per heavy atom. The molecule has 3 aromatic rings. The largest absolute Gasteiger partial charge is 0.493 e. The summed E-state index contributed by atoms with van der Waals surface area (Å²) in [5.41, 5.74) is 4.48. The van der Waals surface area contributed by atoms with Crippen LogP contribution in [-0.4, -0.2) is 28.6 Å². The third-order valence-corrected chi connectivity index (χ3v) is 4.98. The van der Waals surface area contributed by atoms with Crippen molar-refractivity contribution < 1.29 is 9.53 Å². The van der Waals surface area contributed by atoms with Crippen molar-refractivity contribution in [1.29, 1.82) is 0 Å². The molecule has 1 amide bonds. The molecular weight excluding hydrogens is 362 g/mol. The summed E-state index contributed by atoms with van der Waals surface area (Å²) < 4.78 is 8.34. The second kappa shape index (κ2) is 9.92. The summed E-state index contributed by atoms with van der Waals surface area (Å²) in [5.74, 6) is 1.90. The van der Waals surface area contributed by atoms with Crippen LogP contribution in [0.25, 0.3) is 11.0 Å². The van der Waals surface area contributed by atoms with E-state index < -0.39 is 0 Å². The van der Waals surface area contributed by atoms with Crippen molar-refractivity contribution in [2.24, 2.45) is 0 Å². The first-order valence-corrected chi connectivity index (χ1v) is 10.1. The van der Waals surface area contributed by atoms with E-state index in [1.165, 1.54) is 17.2 Å². The number of fused-ring (bicyclic) bond motifs is 1. The summed E-state index contributed by atoms with van der Waals surface area (Å²) in [6.45, 7) is 9.75. The Bertz CT molecular complexity index is 971. The summed E-state index contributed by atoms with van der Waals surface area (Å²) in [4.78, 5) is 16.1. The lowest BCUT2D eigenvalue weighted by Gasteiger charge is -2.13. The number of rotatable bonds is 10. The standard InChI is InChI=1S/C24H29N3O2/c1-4-23(28)25-15-8-14-22-26-20-12-5-6-13-21(20)27(22)16-9-17-29-24-18(2)10-7-11-19(24)3/h4-7,10-13H,1,8-9,14-17H2,2-3H3,(H,25,28). The Morgan fingerprint density at radius 3 is 2.66 bits per heavy atom. The molecular formula is C24H29N3O2. The van der Waals surface area contributed by atoms with Gasteiger partial charge in [-0.25, -0.2) is 4.98 Å². The van der Waals surface area contributed by atoms with Gasteiger partial charge in [-0.3, -0.25) is 4.79 Å². The number of aromatic nitrogens is 2. The number of para-hydroxylation sites is 3. The van der Waals surface area contributed by atoms with Gasteiger partial charge < -0.3 is 14.6 Å². The van der Waals surface area contributed by atoms with E-state index in [2.05, 4.69) is 54.6 Å². The first-order valence-electron chi connectivity index (χ1n) is 10.1. The first kappa shape index (κ1) is 20.6. The van der Waals surface area contributed by atoms with Gasteiger partial charge >= 0.3 is 0 Å². The summed E-state index contributed by atoms with van der Waals surface area (Å²) in [7, 11) is 0. The molecule has 0 aliphatic heterocycles. The molecule has 0 spiro atoms. The molecule has 29 heavy (non-hydrogen) atoms. The smallest absolute Gasteiger partial charge is 0.243 e. The van der Waals surface area contributed by atoms with Crippen LogP contribution >= 0.6 is 0 Å². The second-order valence-corrected chi connectivity index (χ2v) is 7.19. The van der Waals surface area contributed by atoms with Crippen molar-refractivity contribution in [1.82, 2.24) is 14.9 Å². The molecule has 0 radical (unpaired) electrons. The lowest BCUT2D eigenvalue weighted by atomic mass is 10.1. The maximum atomic E-state index is 11.3. The van der Waals surface area contributed by atoms with Crippen LogP contribution < -0.4 is 10.1 Å². The first-order chi connectivity index (χ1) is 14.1. The third kappa shape index (κ3) is 5.25. The van der Waals surface area contributed by atoms with Crippen LogP contribution in [0.4, 0.5) is 0 Å². The van der Waals surface area contributed by atoms with Crippen LogP contribution in [0.1, 0.15) is 29.8 Å².